The zero-order valence-corrected chi connectivity index (χ0v) is 17.6. The number of amides is 2. The van der Waals surface area contributed by atoms with Crippen molar-refractivity contribution >= 4 is 40.6 Å². The Kier molecular flexibility index (Phi) is 6.05. The van der Waals surface area contributed by atoms with E-state index in [-0.39, 0.29) is 5.11 Å². The summed E-state index contributed by atoms with van der Waals surface area (Å²) in [6, 6.07) is 17.8. The van der Waals surface area contributed by atoms with E-state index >= 15 is 0 Å². The van der Waals surface area contributed by atoms with Gasteiger partial charge in [-0.3, -0.25) is 24.6 Å². The summed E-state index contributed by atoms with van der Waals surface area (Å²) in [7, 11) is 0. The standard InChI is InChI=1S/C24H14F2N2O4S/c25-14-6-11-18(20(26)12-14)21(29)13-19-22(30)27-24(33)28(23(19)31)15-7-9-17(10-8-15)32-16-4-2-1-3-5-16/h1-13H,(H,27,30,33). The Morgan fingerprint density at radius 1 is 0.939 bits per heavy atom. The highest BCUT2D eigenvalue weighted by Gasteiger charge is 2.35. The van der Waals surface area contributed by atoms with Gasteiger partial charge in [-0.2, -0.15) is 0 Å². The molecule has 0 atom stereocenters. The summed E-state index contributed by atoms with van der Waals surface area (Å²) in [6.45, 7) is 0. The zero-order valence-electron chi connectivity index (χ0n) is 16.7. The first-order chi connectivity index (χ1) is 15.8. The Morgan fingerprint density at radius 2 is 1.61 bits per heavy atom. The first-order valence-electron chi connectivity index (χ1n) is 9.57. The lowest BCUT2D eigenvalue weighted by molar-refractivity contribution is -0.122. The van der Waals surface area contributed by atoms with Crippen molar-refractivity contribution in [2.75, 3.05) is 4.90 Å². The summed E-state index contributed by atoms with van der Waals surface area (Å²) in [6.07, 6.45) is 0.704. The van der Waals surface area contributed by atoms with E-state index < -0.39 is 40.4 Å². The Bertz CT molecular complexity index is 1310. The summed E-state index contributed by atoms with van der Waals surface area (Å²) < 4.78 is 32.7. The molecule has 9 heteroatoms. The molecule has 0 bridgehead atoms. The molecule has 0 unspecified atom stereocenters. The van der Waals surface area contributed by atoms with Crippen LogP contribution in [0, 0.1) is 11.6 Å². The number of hydrogen-bond donors (Lipinski definition) is 1. The van der Waals surface area contributed by atoms with Crippen LogP contribution in [-0.2, 0) is 9.59 Å². The molecule has 1 fully saturated rings. The summed E-state index contributed by atoms with van der Waals surface area (Å²) >= 11 is 5.12. The Balaban J connectivity index is 1.59. The predicted octanol–water partition coefficient (Wildman–Crippen LogP) is 4.31. The van der Waals surface area contributed by atoms with Crippen LogP contribution in [0.25, 0.3) is 0 Å². The predicted molar refractivity (Wildman–Crippen MR) is 120 cm³/mol. The molecule has 6 nitrogen and oxygen atoms in total. The zero-order chi connectivity index (χ0) is 23.5. The summed E-state index contributed by atoms with van der Waals surface area (Å²) in [5.41, 5.74) is -0.703. The number of carbonyl (C=O) groups excluding carboxylic acids is 3. The van der Waals surface area contributed by atoms with Gasteiger partial charge < -0.3 is 4.74 Å². The number of allylic oxidation sites excluding steroid dienone is 1. The fraction of sp³-hybridized carbons (Fsp3) is 0. The van der Waals surface area contributed by atoms with E-state index in [0.29, 0.717) is 29.3 Å². The van der Waals surface area contributed by atoms with Gasteiger partial charge in [0.15, 0.2) is 10.9 Å². The van der Waals surface area contributed by atoms with Crippen molar-refractivity contribution in [2.45, 2.75) is 0 Å². The fourth-order valence-corrected chi connectivity index (χ4v) is 3.36. The molecule has 1 aliphatic rings. The maximum Gasteiger partial charge on any atom is 0.270 e. The highest BCUT2D eigenvalue weighted by molar-refractivity contribution is 7.80. The average molecular weight is 464 g/mol. The lowest BCUT2D eigenvalue weighted by Crippen LogP contribution is -2.54. The fourth-order valence-electron chi connectivity index (χ4n) is 3.08. The minimum Gasteiger partial charge on any atom is -0.457 e. The van der Waals surface area contributed by atoms with Crippen LogP contribution in [0.1, 0.15) is 10.4 Å². The molecule has 4 rings (SSSR count). The number of nitrogens with zero attached hydrogens (tertiary/aromatic N) is 1. The molecule has 1 aliphatic heterocycles. The minimum absolute atomic E-state index is 0.181. The van der Waals surface area contributed by atoms with Crippen molar-refractivity contribution in [3.63, 3.8) is 0 Å². The van der Waals surface area contributed by atoms with E-state index in [1.807, 2.05) is 18.2 Å². The number of ketones is 1. The molecule has 2 amide bonds. The number of carbonyl (C=O) groups is 3. The normalized spacial score (nSPS) is 14.9. The number of anilines is 1. The van der Waals surface area contributed by atoms with Crippen LogP contribution in [-0.4, -0.2) is 22.7 Å². The van der Waals surface area contributed by atoms with Gasteiger partial charge in [0.2, 0.25) is 0 Å². The maximum absolute atomic E-state index is 13.9. The molecule has 3 aromatic carbocycles. The first-order valence-corrected chi connectivity index (χ1v) is 9.98. The number of nitrogens with one attached hydrogen (secondary N) is 1. The smallest absolute Gasteiger partial charge is 0.270 e. The monoisotopic (exact) mass is 464 g/mol. The lowest BCUT2D eigenvalue weighted by atomic mass is 10.0. The van der Waals surface area contributed by atoms with Gasteiger partial charge in [0.25, 0.3) is 11.8 Å². The molecule has 0 aliphatic carbocycles. The van der Waals surface area contributed by atoms with Crippen molar-refractivity contribution in [3.8, 4) is 11.5 Å². The summed E-state index contributed by atoms with van der Waals surface area (Å²) in [5, 5.41) is 2.15. The van der Waals surface area contributed by atoms with Crippen LogP contribution in [0.5, 0.6) is 11.5 Å². The second-order valence-electron chi connectivity index (χ2n) is 6.86. The van der Waals surface area contributed by atoms with Crippen LogP contribution in [0.2, 0.25) is 0 Å². The number of ether oxygens (including phenoxy) is 1. The van der Waals surface area contributed by atoms with Gasteiger partial charge in [0.1, 0.15) is 28.7 Å². The number of hydrogen-bond acceptors (Lipinski definition) is 5. The summed E-state index contributed by atoms with van der Waals surface area (Å²) in [5.74, 6) is -3.58. The van der Waals surface area contributed by atoms with E-state index in [1.54, 1.807) is 36.4 Å². The van der Waals surface area contributed by atoms with Gasteiger partial charge in [-0.15, -0.1) is 0 Å². The third-order valence-electron chi connectivity index (χ3n) is 4.65. The van der Waals surface area contributed by atoms with Crippen LogP contribution in [0.15, 0.2) is 84.4 Å². The number of rotatable bonds is 5. The quantitative estimate of drug-likeness (QED) is 0.264. The van der Waals surface area contributed by atoms with Crippen LogP contribution >= 0.6 is 12.2 Å². The van der Waals surface area contributed by atoms with Gasteiger partial charge >= 0.3 is 0 Å². The molecule has 0 saturated carbocycles. The van der Waals surface area contributed by atoms with Crippen molar-refractivity contribution in [1.29, 1.82) is 0 Å². The SMILES string of the molecule is O=C1NC(=S)N(c2ccc(Oc3ccccc3)cc2)C(=O)C1=CC(=O)c1ccc(F)cc1F. The van der Waals surface area contributed by atoms with Gasteiger partial charge in [-0.05, 0) is 60.7 Å². The second-order valence-corrected chi connectivity index (χ2v) is 7.24. The van der Waals surface area contributed by atoms with E-state index in [2.05, 4.69) is 5.32 Å². The number of benzene rings is 3. The number of para-hydroxylation sites is 1. The van der Waals surface area contributed by atoms with Crippen molar-refractivity contribution in [1.82, 2.24) is 5.32 Å². The number of thiocarbonyl (C=S) groups is 1. The first kappa shape index (κ1) is 22.0. The maximum atomic E-state index is 13.9. The highest BCUT2D eigenvalue weighted by Crippen LogP contribution is 2.26. The van der Waals surface area contributed by atoms with Crippen LogP contribution in [0.3, 0.4) is 0 Å². The Morgan fingerprint density at radius 3 is 2.27 bits per heavy atom. The molecular weight excluding hydrogens is 450 g/mol. The van der Waals surface area contributed by atoms with Crippen molar-refractivity contribution in [2.24, 2.45) is 0 Å². The highest BCUT2D eigenvalue weighted by atomic mass is 32.1. The van der Waals surface area contributed by atoms with E-state index in [1.165, 1.54) is 0 Å². The molecule has 0 spiro atoms. The topological polar surface area (TPSA) is 75.7 Å². The molecule has 0 aromatic heterocycles. The second kappa shape index (κ2) is 9.09. The van der Waals surface area contributed by atoms with Crippen LogP contribution < -0.4 is 15.0 Å². The molecule has 1 saturated heterocycles. The number of halogens is 2. The summed E-state index contributed by atoms with van der Waals surface area (Å²) in [4.78, 5) is 38.8. The van der Waals surface area contributed by atoms with E-state index in [0.717, 1.165) is 17.0 Å². The van der Waals surface area contributed by atoms with Crippen molar-refractivity contribution in [3.05, 3.63) is 102 Å². The van der Waals surface area contributed by atoms with Gasteiger partial charge in [-0.1, -0.05) is 18.2 Å². The largest absolute Gasteiger partial charge is 0.457 e. The minimum atomic E-state index is -1.11. The average Bonchev–Trinajstić information content (AvgIpc) is 2.78. The van der Waals surface area contributed by atoms with Gasteiger partial charge in [0, 0.05) is 12.1 Å². The van der Waals surface area contributed by atoms with E-state index in [9.17, 15) is 23.2 Å². The third kappa shape index (κ3) is 4.68. The van der Waals surface area contributed by atoms with Crippen molar-refractivity contribution < 1.29 is 27.9 Å². The molecule has 1 heterocycles. The molecule has 3 aromatic rings. The molecular formula is C24H14F2N2O4S. The lowest BCUT2D eigenvalue weighted by Gasteiger charge is -2.28. The third-order valence-corrected chi connectivity index (χ3v) is 4.93. The van der Waals surface area contributed by atoms with Crippen LogP contribution in [0.4, 0.5) is 14.5 Å². The molecule has 1 N–H and O–H groups in total. The van der Waals surface area contributed by atoms with Gasteiger partial charge in [-0.25, -0.2) is 8.78 Å². The molecule has 164 valence electrons. The molecule has 33 heavy (non-hydrogen) atoms. The molecule has 0 radical (unpaired) electrons. The van der Waals surface area contributed by atoms with Gasteiger partial charge in [0.05, 0.1) is 11.3 Å². The Hall–Kier alpha value is -4.24. The van der Waals surface area contributed by atoms with E-state index in [4.69, 9.17) is 17.0 Å². The Labute approximate surface area is 192 Å².